The number of rotatable bonds is 5. The van der Waals surface area contributed by atoms with Crippen molar-refractivity contribution in [2.75, 3.05) is 14.2 Å². The molecule has 0 radical (unpaired) electrons. The van der Waals surface area contributed by atoms with Gasteiger partial charge in [-0.25, -0.2) is 0 Å². The Hall–Kier alpha value is -2.89. The summed E-state index contributed by atoms with van der Waals surface area (Å²) < 4.78 is 15.1. The second-order valence-corrected chi connectivity index (χ2v) is 4.89. The van der Waals surface area contributed by atoms with Crippen molar-refractivity contribution < 1.29 is 28.6 Å². The Morgan fingerprint density at radius 3 is 2.26 bits per heavy atom. The molecule has 0 saturated heterocycles. The molecule has 23 heavy (non-hydrogen) atoms. The zero-order chi connectivity index (χ0) is 17.0. The van der Waals surface area contributed by atoms with Crippen LogP contribution in [0.1, 0.15) is 12.5 Å². The monoisotopic (exact) mass is 316 g/mol. The molecule has 1 aromatic carbocycles. The van der Waals surface area contributed by atoms with E-state index in [0.29, 0.717) is 17.1 Å². The number of carbonyl (C=O) groups excluding carboxylic acids is 3. The van der Waals surface area contributed by atoms with Crippen molar-refractivity contribution in [1.29, 1.82) is 0 Å². The maximum atomic E-state index is 12.1. The Morgan fingerprint density at radius 1 is 1.13 bits per heavy atom. The fourth-order valence-electron chi connectivity index (χ4n) is 2.10. The van der Waals surface area contributed by atoms with Gasteiger partial charge in [0.2, 0.25) is 0 Å². The molecule has 2 rings (SSSR count). The predicted octanol–water partition coefficient (Wildman–Crippen LogP) is 1.93. The van der Waals surface area contributed by atoms with E-state index in [1.165, 1.54) is 33.3 Å². The fourth-order valence-corrected chi connectivity index (χ4v) is 2.10. The first-order chi connectivity index (χ1) is 10.9. The van der Waals surface area contributed by atoms with Gasteiger partial charge < -0.3 is 14.2 Å². The summed E-state index contributed by atoms with van der Waals surface area (Å²) in [5.74, 6) is -2.20. The summed E-state index contributed by atoms with van der Waals surface area (Å²) in [6.07, 6.45) is 3.80. The first-order valence-electron chi connectivity index (χ1n) is 6.83. The molecule has 1 aliphatic heterocycles. The Balaban J connectivity index is 2.21. The van der Waals surface area contributed by atoms with Crippen LogP contribution >= 0.6 is 0 Å². The second-order valence-electron chi connectivity index (χ2n) is 4.89. The molecule has 1 aromatic rings. The maximum Gasteiger partial charge on any atom is 0.329 e. The first kappa shape index (κ1) is 16.5. The SMILES string of the molecule is COc1cc(C=CC(=O)C2C(=O)C=C(C)OC2=O)cc(OC)c1. The minimum Gasteiger partial charge on any atom is -0.497 e. The average Bonchev–Trinajstić information content (AvgIpc) is 2.51. The average molecular weight is 316 g/mol. The Kier molecular flexibility index (Phi) is 4.95. The van der Waals surface area contributed by atoms with Crippen LogP contribution in [0.5, 0.6) is 11.5 Å². The fraction of sp³-hybridized carbons (Fsp3) is 0.235. The van der Waals surface area contributed by atoms with Gasteiger partial charge in [0.1, 0.15) is 17.3 Å². The van der Waals surface area contributed by atoms with Gasteiger partial charge in [0, 0.05) is 12.1 Å². The highest BCUT2D eigenvalue weighted by Crippen LogP contribution is 2.23. The normalized spacial score (nSPS) is 17.7. The van der Waals surface area contributed by atoms with Crippen LogP contribution in [-0.2, 0) is 19.1 Å². The maximum absolute atomic E-state index is 12.1. The summed E-state index contributed by atoms with van der Waals surface area (Å²) in [4.78, 5) is 35.6. The molecule has 1 atom stereocenters. The molecule has 0 N–H and O–H groups in total. The smallest absolute Gasteiger partial charge is 0.329 e. The molecule has 6 nitrogen and oxygen atoms in total. The summed E-state index contributed by atoms with van der Waals surface area (Å²) in [5, 5.41) is 0. The molecule has 0 saturated carbocycles. The minimum absolute atomic E-state index is 0.186. The van der Waals surface area contributed by atoms with Gasteiger partial charge in [0.05, 0.1) is 14.2 Å². The van der Waals surface area contributed by atoms with E-state index in [9.17, 15) is 14.4 Å². The quantitative estimate of drug-likeness (QED) is 0.469. The van der Waals surface area contributed by atoms with Crippen molar-refractivity contribution in [1.82, 2.24) is 0 Å². The van der Waals surface area contributed by atoms with Crippen LogP contribution in [0.3, 0.4) is 0 Å². The van der Waals surface area contributed by atoms with Crippen LogP contribution in [0.25, 0.3) is 6.08 Å². The minimum atomic E-state index is -1.44. The molecule has 0 aliphatic carbocycles. The van der Waals surface area contributed by atoms with E-state index in [0.717, 1.165) is 6.08 Å². The lowest BCUT2D eigenvalue weighted by Gasteiger charge is -2.15. The van der Waals surface area contributed by atoms with Crippen molar-refractivity contribution in [3.05, 3.63) is 41.7 Å². The van der Waals surface area contributed by atoms with E-state index >= 15 is 0 Å². The zero-order valence-electron chi connectivity index (χ0n) is 13.0. The molecule has 1 aliphatic rings. The van der Waals surface area contributed by atoms with Crippen LogP contribution in [0, 0.1) is 5.92 Å². The summed E-state index contributed by atoms with van der Waals surface area (Å²) in [5.41, 5.74) is 0.637. The summed E-state index contributed by atoms with van der Waals surface area (Å²) in [6.45, 7) is 1.48. The number of cyclic esters (lactones) is 1. The van der Waals surface area contributed by atoms with E-state index in [1.807, 2.05) is 0 Å². The third-order valence-electron chi connectivity index (χ3n) is 3.23. The zero-order valence-corrected chi connectivity index (χ0v) is 13.0. The highest BCUT2D eigenvalue weighted by molar-refractivity contribution is 6.25. The molecule has 120 valence electrons. The number of ether oxygens (including phenoxy) is 3. The van der Waals surface area contributed by atoms with E-state index < -0.39 is 23.5 Å². The van der Waals surface area contributed by atoms with Crippen LogP contribution in [0.2, 0.25) is 0 Å². The molecule has 0 bridgehead atoms. The number of benzene rings is 1. The van der Waals surface area contributed by atoms with Crippen molar-refractivity contribution >= 4 is 23.6 Å². The largest absolute Gasteiger partial charge is 0.497 e. The van der Waals surface area contributed by atoms with Gasteiger partial charge in [-0.05, 0) is 30.7 Å². The van der Waals surface area contributed by atoms with Gasteiger partial charge >= 0.3 is 5.97 Å². The molecule has 0 fully saturated rings. The van der Waals surface area contributed by atoms with Gasteiger partial charge in [-0.15, -0.1) is 0 Å². The molecule has 0 amide bonds. The second kappa shape index (κ2) is 6.91. The summed E-state index contributed by atoms with van der Waals surface area (Å²) in [6, 6.07) is 5.07. The van der Waals surface area contributed by atoms with Crippen LogP contribution in [-0.4, -0.2) is 31.8 Å². The van der Waals surface area contributed by atoms with E-state index in [4.69, 9.17) is 14.2 Å². The van der Waals surface area contributed by atoms with Gasteiger partial charge in [-0.1, -0.05) is 6.08 Å². The highest BCUT2D eigenvalue weighted by Gasteiger charge is 2.36. The molecule has 6 heteroatoms. The van der Waals surface area contributed by atoms with Crippen LogP contribution in [0.4, 0.5) is 0 Å². The standard InChI is InChI=1S/C17H16O6/c1-10-6-15(19)16(17(20)23-10)14(18)5-4-11-7-12(21-2)9-13(8-11)22-3/h4-9,16H,1-3H3. The molecule has 0 spiro atoms. The first-order valence-corrected chi connectivity index (χ1v) is 6.83. The topological polar surface area (TPSA) is 78.9 Å². The van der Waals surface area contributed by atoms with Crippen molar-refractivity contribution in [3.63, 3.8) is 0 Å². The van der Waals surface area contributed by atoms with E-state index in [-0.39, 0.29) is 5.76 Å². The Bertz CT molecular complexity index is 692. The lowest BCUT2D eigenvalue weighted by atomic mass is 9.96. The summed E-state index contributed by atoms with van der Waals surface area (Å²) in [7, 11) is 3.03. The lowest BCUT2D eigenvalue weighted by Crippen LogP contribution is -2.34. The molecule has 1 unspecified atom stereocenters. The number of esters is 1. The Morgan fingerprint density at radius 2 is 1.74 bits per heavy atom. The molecular weight excluding hydrogens is 300 g/mol. The number of methoxy groups -OCH3 is 2. The number of carbonyl (C=O) groups is 3. The number of hydrogen-bond donors (Lipinski definition) is 0. The number of ketones is 2. The highest BCUT2D eigenvalue weighted by atomic mass is 16.5. The van der Waals surface area contributed by atoms with Gasteiger partial charge in [0.15, 0.2) is 17.5 Å². The van der Waals surface area contributed by atoms with Crippen LogP contribution < -0.4 is 9.47 Å². The third-order valence-corrected chi connectivity index (χ3v) is 3.23. The summed E-state index contributed by atoms with van der Waals surface area (Å²) >= 11 is 0. The third kappa shape index (κ3) is 3.85. The van der Waals surface area contributed by atoms with Crippen molar-refractivity contribution in [3.8, 4) is 11.5 Å². The van der Waals surface area contributed by atoms with Crippen molar-refractivity contribution in [2.24, 2.45) is 5.92 Å². The van der Waals surface area contributed by atoms with Gasteiger partial charge in [-0.2, -0.15) is 0 Å². The number of allylic oxidation sites excluding steroid dienone is 3. The lowest BCUT2D eigenvalue weighted by molar-refractivity contribution is -0.151. The Labute approximate surface area is 133 Å². The van der Waals surface area contributed by atoms with Gasteiger partial charge in [-0.3, -0.25) is 14.4 Å². The molecular formula is C17H16O6. The van der Waals surface area contributed by atoms with Crippen molar-refractivity contribution in [2.45, 2.75) is 6.92 Å². The molecule has 0 aromatic heterocycles. The number of hydrogen-bond acceptors (Lipinski definition) is 6. The van der Waals surface area contributed by atoms with Gasteiger partial charge in [0.25, 0.3) is 0 Å². The van der Waals surface area contributed by atoms with E-state index in [2.05, 4.69) is 0 Å². The van der Waals surface area contributed by atoms with Crippen LogP contribution in [0.15, 0.2) is 36.1 Å². The van der Waals surface area contributed by atoms with E-state index in [1.54, 1.807) is 18.2 Å². The molecule has 1 heterocycles. The predicted molar refractivity (Wildman–Crippen MR) is 81.9 cm³/mol.